The summed E-state index contributed by atoms with van der Waals surface area (Å²) in [7, 11) is 0. The number of hydrogen-bond donors (Lipinski definition) is 2. The summed E-state index contributed by atoms with van der Waals surface area (Å²) in [5.41, 5.74) is 7.37. The maximum atomic E-state index is 10.9. The first-order chi connectivity index (χ1) is 12.9. The third kappa shape index (κ3) is 4.92. The minimum absolute atomic E-state index is 0.145. The van der Waals surface area contributed by atoms with Crippen LogP contribution in [-0.2, 0) is 17.6 Å². The van der Waals surface area contributed by atoms with Crippen molar-refractivity contribution in [3.63, 3.8) is 0 Å². The lowest BCUT2D eigenvalue weighted by molar-refractivity contribution is -0.138. The Balaban J connectivity index is 1.65. The molecule has 3 aromatic carbocycles. The first-order valence-electron chi connectivity index (χ1n) is 8.51. The Morgan fingerprint density at radius 3 is 2.33 bits per heavy atom. The van der Waals surface area contributed by atoms with E-state index in [4.69, 9.17) is 38.8 Å². The lowest BCUT2D eigenvalue weighted by atomic mass is 10.1. The molecular weight excluding hydrogens is 385 g/mol. The van der Waals surface area contributed by atoms with Gasteiger partial charge in [0, 0.05) is 6.42 Å². The fourth-order valence-corrected chi connectivity index (χ4v) is 3.52. The summed E-state index contributed by atoms with van der Waals surface area (Å²) in [5, 5.41) is 12.0. The van der Waals surface area contributed by atoms with Crippen molar-refractivity contribution in [2.24, 2.45) is 5.73 Å². The molecule has 3 aromatic rings. The Labute approximate surface area is 167 Å². The molecule has 4 nitrogen and oxygen atoms in total. The Hall–Kier alpha value is -2.27. The van der Waals surface area contributed by atoms with E-state index < -0.39 is 12.0 Å². The summed E-state index contributed by atoms with van der Waals surface area (Å²) < 4.78 is 5.78. The molecular formula is C21H19Cl2NO3. The molecule has 0 heterocycles. The predicted octanol–water partition coefficient (Wildman–Crippen LogP) is 4.72. The second kappa shape index (κ2) is 8.61. The van der Waals surface area contributed by atoms with Crippen molar-refractivity contribution < 1.29 is 14.6 Å². The van der Waals surface area contributed by atoms with Crippen molar-refractivity contribution in [3.05, 3.63) is 75.8 Å². The lowest BCUT2D eigenvalue weighted by Crippen LogP contribution is -2.32. The summed E-state index contributed by atoms with van der Waals surface area (Å²) in [6.07, 6.45) is 0.856. The first-order valence-corrected chi connectivity index (χ1v) is 9.26. The average Bonchev–Trinajstić information content (AvgIpc) is 2.63. The highest BCUT2D eigenvalue weighted by molar-refractivity contribution is 6.37. The van der Waals surface area contributed by atoms with E-state index in [0.717, 1.165) is 5.56 Å². The molecule has 3 rings (SSSR count). The minimum Gasteiger partial charge on any atom is -0.490 e. The van der Waals surface area contributed by atoms with E-state index in [1.54, 1.807) is 12.1 Å². The van der Waals surface area contributed by atoms with Crippen LogP contribution in [0.5, 0.6) is 5.75 Å². The molecule has 0 spiro atoms. The van der Waals surface area contributed by atoms with E-state index >= 15 is 0 Å². The highest BCUT2D eigenvalue weighted by Crippen LogP contribution is 2.34. The number of carboxylic acids is 1. The van der Waals surface area contributed by atoms with Gasteiger partial charge in [0.1, 0.15) is 6.04 Å². The third-order valence-corrected chi connectivity index (χ3v) is 4.84. The largest absolute Gasteiger partial charge is 0.490 e. The summed E-state index contributed by atoms with van der Waals surface area (Å²) in [4.78, 5) is 10.9. The number of carboxylic acid groups (broad SMARTS) is 1. The molecule has 0 amide bonds. The molecule has 0 bridgehead atoms. The molecule has 0 fully saturated rings. The quantitative estimate of drug-likeness (QED) is 0.598. The van der Waals surface area contributed by atoms with Crippen LogP contribution in [0.2, 0.25) is 10.0 Å². The number of fused-ring (bicyclic) bond motifs is 1. The van der Waals surface area contributed by atoms with Gasteiger partial charge < -0.3 is 15.6 Å². The number of carbonyl (C=O) groups is 1. The molecule has 140 valence electrons. The Morgan fingerprint density at radius 2 is 1.67 bits per heavy atom. The van der Waals surface area contributed by atoms with Gasteiger partial charge in [-0.15, -0.1) is 0 Å². The van der Waals surface area contributed by atoms with Crippen LogP contribution in [0.1, 0.15) is 11.1 Å². The topological polar surface area (TPSA) is 72.5 Å². The van der Waals surface area contributed by atoms with Crippen LogP contribution in [0.15, 0.2) is 54.6 Å². The maximum Gasteiger partial charge on any atom is 0.320 e. The van der Waals surface area contributed by atoms with Crippen molar-refractivity contribution in [2.45, 2.75) is 18.9 Å². The van der Waals surface area contributed by atoms with E-state index in [0.29, 0.717) is 34.4 Å². The van der Waals surface area contributed by atoms with Gasteiger partial charge in [-0.3, -0.25) is 4.79 Å². The normalized spacial score (nSPS) is 12.1. The molecule has 1 unspecified atom stereocenters. The van der Waals surface area contributed by atoms with Gasteiger partial charge in [-0.1, -0.05) is 65.7 Å². The zero-order chi connectivity index (χ0) is 19.4. The number of nitrogens with two attached hydrogens (primary N) is 1. The van der Waals surface area contributed by atoms with Gasteiger partial charge in [0.25, 0.3) is 0 Å². The van der Waals surface area contributed by atoms with E-state index in [-0.39, 0.29) is 6.42 Å². The van der Waals surface area contributed by atoms with Gasteiger partial charge in [-0.25, -0.2) is 0 Å². The Kier molecular flexibility index (Phi) is 6.22. The first kappa shape index (κ1) is 19.5. The van der Waals surface area contributed by atoms with Crippen molar-refractivity contribution in [1.82, 2.24) is 0 Å². The fourth-order valence-electron chi connectivity index (χ4n) is 2.87. The monoisotopic (exact) mass is 403 g/mol. The standard InChI is InChI=1S/C21H19Cl2NO3/c22-17-10-14(12-19(24)21(25)26)11-18(23)20(17)27-8-7-13-5-6-15-3-1-2-4-16(15)9-13/h1-6,9-11,19H,7-8,12,24H2,(H,25,26). The average molecular weight is 404 g/mol. The van der Waals surface area contributed by atoms with Crippen LogP contribution in [0.4, 0.5) is 0 Å². The molecule has 0 aliphatic rings. The van der Waals surface area contributed by atoms with Gasteiger partial charge in [-0.05, 0) is 40.5 Å². The fraction of sp³-hybridized carbons (Fsp3) is 0.190. The molecule has 6 heteroatoms. The van der Waals surface area contributed by atoms with Crippen molar-refractivity contribution >= 4 is 39.9 Å². The highest BCUT2D eigenvalue weighted by atomic mass is 35.5. The Morgan fingerprint density at radius 1 is 1.00 bits per heavy atom. The number of hydrogen-bond acceptors (Lipinski definition) is 3. The highest BCUT2D eigenvalue weighted by Gasteiger charge is 2.16. The number of ether oxygens (including phenoxy) is 1. The summed E-state index contributed by atoms with van der Waals surface area (Å²) >= 11 is 12.5. The zero-order valence-corrected chi connectivity index (χ0v) is 16.0. The molecule has 0 aliphatic heterocycles. The maximum absolute atomic E-state index is 10.9. The summed E-state index contributed by atoms with van der Waals surface area (Å²) in [5.74, 6) is -0.676. The third-order valence-electron chi connectivity index (χ3n) is 4.28. The zero-order valence-electron chi connectivity index (χ0n) is 14.5. The second-order valence-electron chi connectivity index (χ2n) is 6.32. The molecule has 0 aliphatic carbocycles. The van der Waals surface area contributed by atoms with Crippen LogP contribution >= 0.6 is 23.2 Å². The summed E-state index contributed by atoms with van der Waals surface area (Å²) in [6.45, 7) is 0.422. The number of benzene rings is 3. The molecule has 27 heavy (non-hydrogen) atoms. The van der Waals surface area contributed by atoms with Gasteiger partial charge >= 0.3 is 5.97 Å². The molecule has 0 saturated heterocycles. The van der Waals surface area contributed by atoms with E-state index in [1.807, 2.05) is 12.1 Å². The molecule has 0 radical (unpaired) electrons. The molecule has 0 saturated carbocycles. The molecule has 0 aromatic heterocycles. The van der Waals surface area contributed by atoms with E-state index in [1.165, 1.54) is 10.8 Å². The van der Waals surface area contributed by atoms with Crippen LogP contribution in [0.3, 0.4) is 0 Å². The Bertz CT molecular complexity index is 952. The lowest BCUT2D eigenvalue weighted by Gasteiger charge is -2.13. The van der Waals surface area contributed by atoms with Gasteiger partial charge in [-0.2, -0.15) is 0 Å². The number of halogens is 2. The van der Waals surface area contributed by atoms with Gasteiger partial charge in [0.05, 0.1) is 16.7 Å². The SMILES string of the molecule is NC(Cc1cc(Cl)c(OCCc2ccc3ccccc3c2)c(Cl)c1)C(=O)O. The van der Waals surface area contributed by atoms with Crippen molar-refractivity contribution in [1.29, 1.82) is 0 Å². The molecule has 3 N–H and O–H groups in total. The smallest absolute Gasteiger partial charge is 0.320 e. The van der Waals surface area contributed by atoms with E-state index in [9.17, 15) is 4.79 Å². The summed E-state index contributed by atoms with van der Waals surface area (Å²) in [6, 6.07) is 16.8. The van der Waals surface area contributed by atoms with Crippen LogP contribution in [-0.4, -0.2) is 23.7 Å². The van der Waals surface area contributed by atoms with Crippen LogP contribution in [0, 0.1) is 0 Å². The predicted molar refractivity (Wildman–Crippen MR) is 109 cm³/mol. The van der Waals surface area contributed by atoms with Crippen LogP contribution in [0.25, 0.3) is 10.8 Å². The second-order valence-corrected chi connectivity index (χ2v) is 7.13. The van der Waals surface area contributed by atoms with Crippen LogP contribution < -0.4 is 10.5 Å². The van der Waals surface area contributed by atoms with Crippen molar-refractivity contribution in [3.8, 4) is 5.75 Å². The van der Waals surface area contributed by atoms with Gasteiger partial charge in [0.2, 0.25) is 0 Å². The molecule has 1 atom stereocenters. The minimum atomic E-state index is -1.07. The number of rotatable bonds is 7. The van der Waals surface area contributed by atoms with Crippen molar-refractivity contribution in [2.75, 3.05) is 6.61 Å². The number of aliphatic carboxylic acids is 1. The van der Waals surface area contributed by atoms with E-state index in [2.05, 4.69) is 30.3 Å². The van der Waals surface area contributed by atoms with Gasteiger partial charge in [0.15, 0.2) is 5.75 Å².